The molecule has 0 radical (unpaired) electrons. The molecule has 1 heterocycles. The number of ether oxygens (including phenoxy) is 1. The van der Waals surface area contributed by atoms with Crippen molar-refractivity contribution in [2.75, 3.05) is 7.11 Å². The largest absolute Gasteiger partial charge is 0.497 e. The number of benzene rings is 1. The third kappa shape index (κ3) is 2.44. The molecule has 0 bridgehead atoms. The Morgan fingerprint density at radius 2 is 2.00 bits per heavy atom. The number of nitrogens with zero attached hydrogens (tertiary/aromatic N) is 2. The molecular weight excluding hydrogens is 262 g/mol. The fourth-order valence-electron chi connectivity index (χ4n) is 3.14. The van der Waals surface area contributed by atoms with E-state index in [2.05, 4.69) is 30.7 Å². The van der Waals surface area contributed by atoms with Gasteiger partial charge in [-0.2, -0.15) is 5.10 Å². The Balaban J connectivity index is 2.13. The van der Waals surface area contributed by atoms with Crippen molar-refractivity contribution >= 4 is 0 Å². The van der Waals surface area contributed by atoms with Crippen LogP contribution >= 0.6 is 0 Å². The van der Waals surface area contributed by atoms with Gasteiger partial charge in [-0.25, -0.2) is 0 Å². The van der Waals surface area contributed by atoms with Gasteiger partial charge in [0.05, 0.1) is 12.8 Å². The summed E-state index contributed by atoms with van der Waals surface area (Å²) < 4.78 is 7.38. The quantitative estimate of drug-likeness (QED) is 0.939. The van der Waals surface area contributed by atoms with Gasteiger partial charge >= 0.3 is 0 Å². The van der Waals surface area contributed by atoms with E-state index in [1.165, 1.54) is 11.3 Å². The average molecular weight is 285 g/mol. The summed E-state index contributed by atoms with van der Waals surface area (Å²) in [6.07, 6.45) is 3.26. The van der Waals surface area contributed by atoms with Crippen LogP contribution in [0.15, 0.2) is 24.3 Å². The van der Waals surface area contributed by atoms with Crippen LogP contribution in [-0.4, -0.2) is 16.9 Å². The van der Waals surface area contributed by atoms with Crippen LogP contribution in [0.5, 0.6) is 5.75 Å². The second-order valence-electron chi connectivity index (χ2n) is 5.97. The first-order valence-corrected chi connectivity index (χ1v) is 7.63. The van der Waals surface area contributed by atoms with E-state index >= 15 is 0 Å². The van der Waals surface area contributed by atoms with E-state index in [1.54, 1.807) is 7.11 Å². The zero-order valence-corrected chi connectivity index (χ0v) is 13.0. The van der Waals surface area contributed by atoms with E-state index in [4.69, 9.17) is 15.6 Å². The molecule has 0 amide bonds. The Hall–Kier alpha value is -1.81. The molecule has 2 N–H and O–H groups in total. The van der Waals surface area contributed by atoms with Crippen molar-refractivity contribution in [3.05, 3.63) is 35.5 Å². The molecule has 3 rings (SSSR count). The summed E-state index contributed by atoms with van der Waals surface area (Å²) in [5.74, 6) is 0.861. The maximum Gasteiger partial charge on any atom is 0.118 e. The van der Waals surface area contributed by atoms with Crippen molar-refractivity contribution in [3.8, 4) is 17.0 Å². The van der Waals surface area contributed by atoms with Crippen molar-refractivity contribution in [1.29, 1.82) is 0 Å². The van der Waals surface area contributed by atoms with Gasteiger partial charge < -0.3 is 10.5 Å². The zero-order chi connectivity index (χ0) is 15.0. The van der Waals surface area contributed by atoms with Crippen LogP contribution in [0, 0.1) is 0 Å². The molecule has 21 heavy (non-hydrogen) atoms. The number of hydrogen-bond acceptors (Lipinski definition) is 3. The Bertz CT molecular complexity index is 628. The molecule has 0 saturated carbocycles. The average Bonchev–Trinajstić information content (AvgIpc) is 2.88. The third-order valence-corrected chi connectivity index (χ3v) is 4.20. The molecule has 1 aliphatic carbocycles. The van der Waals surface area contributed by atoms with E-state index in [1.807, 2.05) is 12.1 Å². The molecule has 4 nitrogen and oxygen atoms in total. The number of rotatable bonds is 3. The Kier molecular flexibility index (Phi) is 3.72. The molecule has 1 aromatic carbocycles. The molecule has 0 fully saturated rings. The fraction of sp³-hybridized carbons (Fsp3) is 0.471. The highest BCUT2D eigenvalue weighted by atomic mass is 16.5. The van der Waals surface area contributed by atoms with Crippen LogP contribution in [0.3, 0.4) is 0 Å². The highest BCUT2D eigenvalue weighted by Gasteiger charge is 2.27. The highest BCUT2D eigenvalue weighted by molar-refractivity contribution is 5.66. The van der Waals surface area contributed by atoms with Crippen molar-refractivity contribution < 1.29 is 4.74 Å². The van der Waals surface area contributed by atoms with Crippen molar-refractivity contribution in [2.45, 2.75) is 45.2 Å². The topological polar surface area (TPSA) is 53.1 Å². The van der Waals surface area contributed by atoms with E-state index in [0.717, 1.165) is 36.3 Å². The summed E-state index contributed by atoms with van der Waals surface area (Å²) >= 11 is 0. The van der Waals surface area contributed by atoms with Crippen molar-refractivity contribution in [2.24, 2.45) is 5.73 Å². The minimum Gasteiger partial charge on any atom is -0.497 e. The zero-order valence-electron chi connectivity index (χ0n) is 13.0. The number of fused-ring (bicyclic) bond motifs is 1. The van der Waals surface area contributed by atoms with Crippen LogP contribution in [0.2, 0.25) is 0 Å². The van der Waals surface area contributed by atoms with Gasteiger partial charge in [-0.3, -0.25) is 4.68 Å². The molecule has 0 aliphatic heterocycles. The molecule has 0 spiro atoms. The molecule has 1 aliphatic rings. The van der Waals surface area contributed by atoms with Crippen LogP contribution in [-0.2, 0) is 6.42 Å². The van der Waals surface area contributed by atoms with Gasteiger partial charge in [0.15, 0.2) is 0 Å². The summed E-state index contributed by atoms with van der Waals surface area (Å²) in [4.78, 5) is 0. The van der Waals surface area contributed by atoms with E-state index < -0.39 is 0 Å². The van der Waals surface area contributed by atoms with Gasteiger partial charge in [0.25, 0.3) is 0 Å². The Labute approximate surface area is 125 Å². The van der Waals surface area contributed by atoms with E-state index in [9.17, 15) is 0 Å². The minimum atomic E-state index is 0.0957. The molecule has 1 atom stereocenters. The Morgan fingerprint density at radius 3 is 2.62 bits per heavy atom. The number of hydrogen-bond donors (Lipinski definition) is 1. The van der Waals surface area contributed by atoms with Crippen LogP contribution in [0.25, 0.3) is 11.3 Å². The molecule has 4 heteroatoms. The number of nitrogens with two attached hydrogens (primary N) is 1. The summed E-state index contributed by atoms with van der Waals surface area (Å²) in [6.45, 7) is 4.34. The monoisotopic (exact) mass is 285 g/mol. The predicted molar refractivity (Wildman–Crippen MR) is 84.5 cm³/mol. The first-order chi connectivity index (χ1) is 10.1. The molecular formula is C17H23N3O. The Morgan fingerprint density at radius 1 is 1.29 bits per heavy atom. The molecule has 2 aromatic rings. The first kappa shape index (κ1) is 14.1. The summed E-state index contributed by atoms with van der Waals surface area (Å²) in [7, 11) is 1.68. The number of methoxy groups -OCH3 is 1. The van der Waals surface area contributed by atoms with E-state index in [0.29, 0.717) is 6.04 Å². The fourth-order valence-corrected chi connectivity index (χ4v) is 3.14. The SMILES string of the molecule is COc1ccc(-c2nn(C(C)C)c3c2C(N)CCC3)cc1. The second-order valence-corrected chi connectivity index (χ2v) is 5.97. The van der Waals surface area contributed by atoms with Gasteiger partial charge in [0.1, 0.15) is 5.75 Å². The van der Waals surface area contributed by atoms with Gasteiger partial charge in [0.2, 0.25) is 0 Å². The second kappa shape index (κ2) is 5.53. The van der Waals surface area contributed by atoms with Crippen molar-refractivity contribution in [1.82, 2.24) is 9.78 Å². The molecule has 0 saturated heterocycles. The standard InChI is InChI=1S/C17H23N3O/c1-11(2)20-15-6-4-5-14(18)16(15)17(19-20)12-7-9-13(21-3)10-8-12/h7-11,14H,4-6,18H2,1-3H3. The summed E-state index contributed by atoms with van der Waals surface area (Å²) in [5, 5.41) is 4.86. The lowest BCUT2D eigenvalue weighted by molar-refractivity contribution is 0.415. The summed E-state index contributed by atoms with van der Waals surface area (Å²) in [6, 6.07) is 8.53. The maximum atomic E-state index is 6.38. The third-order valence-electron chi connectivity index (χ3n) is 4.20. The van der Waals surface area contributed by atoms with Crippen LogP contribution in [0.4, 0.5) is 0 Å². The molecule has 1 aromatic heterocycles. The number of aromatic nitrogens is 2. The first-order valence-electron chi connectivity index (χ1n) is 7.63. The van der Waals surface area contributed by atoms with Crippen LogP contribution < -0.4 is 10.5 Å². The van der Waals surface area contributed by atoms with E-state index in [-0.39, 0.29) is 6.04 Å². The van der Waals surface area contributed by atoms with Gasteiger partial charge in [-0.15, -0.1) is 0 Å². The normalized spacial score (nSPS) is 17.9. The van der Waals surface area contributed by atoms with Gasteiger partial charge in [0, 0.05) is 28.9 Å². The highest BCUT2D eigenvalue weighted by Crippen LogP contribution is 2.37. The predicted octanol–water partition coefficient (Wildman–Crippen LogP) is 3.48. The van der Waals surface area contributed by atoms with Gasteiger partial charge in [-0.05, 0) is 57.4 Å². The molecule has 1 unspecified atom stereocenters. The smallest absolute Gasteiger partial charge is 0.118 e. The van der Waals surface area contributed by atoms with Crippen molar-refractivity contribution in [3.63, 3.8) is 0 Å². The minimum absolute atomic E-state index is 0.0957. The lowest BCUT2D eigenvalue weighted by Gasteiger charge is -2.21. The molecule has 112 valence electrons. The maximum absolute atomic E-state index is 6.38. The lowest BCUT2D eigenvalue weighted by atomic mass is 9.89. The van der Waals surface area contributed by atoms with Crippen LogP contribution in [0.1, 0.15) is 50.0 Å². The lowest BCUT2D eigenvalue weighted by Crippen LogP contribution is -2.19. The summed E-state index contributed by atoms with van der Waals surface area (Å²) in [5.41, 5.74) is 11.1. The van der Waals surface area contributed by atoms with Gasteiger partial charge in [-0.1, -0.05) is 0 Å².